The van der Waals surface area contributed by atoms with Crippen LogP contribution < -0.4 is 0 Å². The molecule has 4 rings (SSSR count). The molecular weight excluding hydrogens is 312 g/mol. The van der Waals surface area contributed by atoms with Crippen molar-refractivity contribution in [1.82, 2.24) is 0 Å². The fraction of sp³-hybridized carbons (Fsp3) is 0.538. The van der Waals surface area contributed by atoms with Crippen LogP contribution in [0.1, 0.15) is 97.9 Å². The van der Waals surface area contributed by atoms with Gasteiger partial charge in [0, 0.05) is 0 Å². The molecule has 0 aromatic heterocycles. The van der Waals surface area contributed by atoms with Gasteiger partial charge in [-0.05, 0) is 65.3 Å². The van der Waals surface area contributed by atoms with Crippen LogP contribution >= 0.6 is 0 Å². The van der Waals surface area contributed by atoms with Gasteiger partial charge < -0.3 is 0 Å². The van der Waals surface area contributed by atoms with Gasteiger partial charge in [0.25, 0.3) is 0 Å². The molecule has 0 heterocycles. The van der Waals surface area contributed by atoms with E-state index in [-0.39, 0.29) is 0 Å². The Bertz CT molecular complexity index is 727. The summed E-state index contributed by atoms with van der Waals surface area (Å²) in [5, 5.41) is 0. The molecule has 2 aromatic carbocycles. The largest absolute Gasteiger partial charge is 0.0654 e. The molecule has 0 aliphatic heterocycles. The monoisotopic (exact) mass is 346 g/mol. The van der Waals surface area contributed by atoms with Crippen LogP contribution in [0.15, 0.2) is 42.5 Å². The molecule has 0 unspecified atom stereocenters. The van der Waals surface area contributed by atoms with Crippen LogP contribution in [0.5, 0.6) is 0 Å². The normalized spacial score (nSPS) is 20.0. The molecule has 0 nitrogen and oxygen atoms in total. The van der Waals surface area contributed by atoms with Gasteiger partial charge in [-0.15, -0.1) is 0 Å². The van der Waals surface area contributed by atoms with E-state index in [1.165, 1.54) is 70.6 Å². The van der Waals surface area contributed by atoms with Crippen LogP contribution in [0.3, 0.4) is 0 Å². The zero-order chi connectivity index (χ0) is 17.8. The van der Waals surface area contributed by atoms with E-state index in [1.807, 2.05) is 0 Å². The zero-order valence-corrected chi connectivity index (χ0v) is 16.5. The lowest BCUT2D eigenvalue weighted by Crippen LogP contribution is -1.98. The van der Waals surface area contributed by atoms with Crippen molar-refractivity contribution in [2.24, 2.45) is 0 Å². The third-order valence-electron chi connectivity index (χ3n) is 6.75. The molecule has 0 spiro atoms. The Morgan fingerprint density at radius 3 is 2.15 bits per heavy atom. The van der Waals surface area contributed by atoms with E-state index in [2.05, 4.69) is 49.4 Å². The number of benzene rings is 2. The first-order valence-corrected chi connectivity index (χ1v) is 11.1. The van der Waals surface area contributed by atoms with E-state index in [1.54, 1.807) is 27.8 Å². The highest BCUT2D eigenvalue weighted by Gasteiger charge is 2.39. The lowest BCUT2D eigenvalue weighted by Gasteiger charge is -2.10. The highest BCUT2D eigenvalue weighted by molar-refractivity contribution is 5.50. The molecule has 26 heavy (non-hydrogen) atoms. The highest BCUT2D eigenvalue weighted by Crippen LogP contribution is 2.51. The van der Waals surface area contributed by atoms with E-state index in [0.717, 1.165) is 11.8 Å². The van der Waals surface area contributed by atoms with Crippen LogP contribution in [-0.2, 0) is 19.3 Å². The van der Waals surface area contributed by atoms with E-state index < -0.39 is 0 Å². The van der Waals surface area contributed by atoms with Gasteiger partial charge in [-0.2, -0.15) is 0 Å². The average molecular weight is 347 g/mol. The van der Waals surface area contributed by atoms with Crippen LogP contribution in [-0.4, -0.2) is 0 Å². The summed E-state index contributed by atoms with van der Waals surface area (Å²) in [5.74, 6) is 1.50. The molecule has 0 fully saturated rings. The van der Waals surface area contributed by atoms with E-state index in [0.29, 0.717) is 0 Å². The van der Waals surface area contributed by atoms with Crippen molar-refractivity contribution in [2.45, 2.75) is 89.4 Å². The number of hydrogen-bond acceptors (Lipinski definition) is 0. The third kappa shape index (κ3) is 3.75. The molecule has 0 N–H and O–H groups in total. The Hall–Kier alpha value is -1.56. The average Bonchev–Trinajstić information content (AvgIpc) is 3.19. The quantitative estimate of drug-likeness (QED) is 0.416. The first kappa shape index (κ1) is 17.8. The maximum atomic E-state index is 2.54. The molecule has 0 amide bonds. The molecule has 0 saturated carbocycles. The van der Waals surface area contributed by atoms with Crippen LogP contribution in [0.4, 0.5) is 0 Å². The first-order valence-electron chi connectivity index (χ1n) is 11.1. The van der Waals surface area contributed by atoms with Gasteiger partial charge in [-0.25, -0.2) is 0 Å². The maximum absolute atomic E-state index is 2.54. The molecule has 2 aliphatic rings. The van der Waals surface area contributed by atoms with Crippen molar-refractivity contribution in [3.05, 3.63) is 70.3 Å². The minimum atomic E-state index is 0.750. The predicted molar refractivity (Wildman–Crippen MR) is 112 cm³/mol. The molecule has 0 heteroatoms. The lowest BCUT2D eigenvalue weighted by atomic mass is 9.93. The molecule has 2 aromatic rings. The summed E-state index contributed by atoms with van der Waals surface area (Å²) in [6.07, 6.45) is 15.1. The minimum Gasteiger partial charge on any atom is -0.0654 e. The number of fused-ring (bicyclic) bond motifs is 5. The van der Waals surface area contributed by atoms with Gasteiger partial charge in [0.15, 0.2) is 0 Å². The minimum absolute atomic E-state index is 0.750. The fourth-order valence-electron chi connectivity index (χ4n) is 5.31. The van der Waals surface area contributed by atoms with Gasteiger partial charge >= 0.3 is 0 Å². The second-order valence-electron chi connectivity index (χ2n) is 8.58. The van der Waals surface area contributed by atoms with Crippen molar-refractivity contribution < 1.29 is 0 Å². The Morgan fingerprint density at radius 2 is 1.35 bits per heavy atom. The summed E-state index contributed by atoms with van der Waals surface area (Å²) < 4.78 is 0. The first-order chi connectivity index (χ1) is 12.9. The topological polar surface area (TPSA) is 0 Å². The van der Waals surface area contributed by atoms with Crippen LogP contribution in [0, 0.1) is 0 Å². The Morgan fingerprint density at radius 1 is 0.692 bits per heavy atom. The zero-order valence-electron chi connectivity index (χ0n) is 16.5. The van der Waals surface area contributed by atoms with Crippen molar-refractivity contribution in [3.63, 3.8) is 0 Å². The summed E-state index contributed by atoms with van der Waals surface area (Å²) >= 11 is 0. The third-order valence-corrected chi connectivity index (χ3v) is 6.75. The molecule has 0 bridgehead atoms. The Labute approximate surface area is 160 Å². The highest BCUT2D eigenvalue weighted by atomic mass is 14.4. The van der Waals surface area contributed by atoms with Gasteiger partial charge in [-0.3, -0.25) is 0 Å². The van der Waals surface area contributed by atoms with E-state index in [4.69, 9.17) is 0 Å². The SMILES string of the molecule is CCCCCCCCCCc1ccc2c(c1)C[C@H]1c3ccccc3C[C@H]21. The van der Waals surface area contributed by atoms with Gasteiger partial charge in [0.1, 0.15) is 0 Å². The summed E-state index contributed by atoms with van der Waals surface area (Å²) in [6.45, 7) is 2.29. The van der Waals surface area contributed by atoms with Crippen molar-refractivity contribution in [2.75, 3.05) is 0 Å². The molecular formula is C26H34. The Kier molecular flexibility index (Phi) is 5.78. The number of aryl methyl sites for hydroxylation is 1. The second-order valence-corrected chi connectivity index (χ2v) is 8.58. The van der Waals surface area contributed by atoms with Gasteiger partial charge in [0.05, 0.1) is 0 Å². The molecule has 2 atom stereocenters. The van der Waals surface area contributed by atoms with Crippen molar-refractivity contribution in [3.8, 4) is 0 Å². The standard InChI is InChI=1S/C26H34/c1-2-3-4-5-6-7-8-9-12-20-15-16-24-22(17-20)19-26-23-14-11-10-13-21(23)18-25(24)26/h10-11,13-17,25-26H,2-9,12,18-19H2,1H3/t25-,26+/m1/s1. The van der Waals surface area contributed by atoms with Gasteiger partial charge in [0.2, 0.25) is 0 Å². The number of unbranched alkanes of at least 4 members (excludes halogenated alkanes) is 7. The fourth-order valence-corrected chi connectivity index (χ4v) is 5.31. The summed E-state index contributed by atoms with van der Waals surface area (Å²) in [6, 6.07) is 16.6. The summed E-state index contributed by atoms with van der Waals surface area (Å²) in [5.41, 5.74) is 8.08. The summed E-state index contributed by atoms with van der Waals surface area (Å²) in [4.78, 5) is 0. The predicted octanol–water partition coefficient (Wildman–Crippen LogP) is 7.35. The van der Waals surface area contributed by atoms with Crippen LogP contribution in [0.25, 0.3) is 0 Å². The molecule has 2 aliphatic carbocycles. The number of hydrogen-bond donors (Lipinski definition) is 0. The maximum Gasteiger partial charge on any atom is -0.00465 e. The number of rotatable bonds is 9. The van der Waals surface area contributed by atoms with E-state index in [9.17, 15) is 0 Å². The van der Waals surface area contributed by atoms with Crippen molar-refractivity contribution in [1.29, 1.82) is 0 Å². The van der Waals surface area contributed by atoms with Crippen LogP contribution in [0.2, 0.25) is 0 Å². The lowest BCUT2D eigenvalue weighted by molar-refractivity contribution is 0.575. The molecule has 138 valence electrons. The molecule has 0 saturated heterocycles. The van der Waals surface area contributed by atoms with Gasteiger partial charge in [-0.1, -0.05) is 94.3 Å². The van der Waals surface area contributed by atoms with E-state index >= 15 is 0 Å². The summed E-state index contributed by atoms with van der Waals surface area (Å²) in [7, 11) is 0. The van der Waals surface area contributed by atoms with Crippen molar-refractivity contribution >= 4 is 0 Å². The second kappa shape index (κ2) is 8.42. The molecule has 0 radical (unpaired) electrons. The smallest absolute Gasteiger partial charge is 0.00465 e. The Balaban J connectivity index is 1.27.